The number of nitrogens with one attached hydrogen (secondary N) is 3. The lowest BCUT2D eigenvalue weighted by Gasteiger charge is -2.27. The molecule has 0 aliphatic carbocycles. The van der Waals surface area contributed by atoms with E-state index in [4.69, 9.17) is 5.73 Å². The summed E-state index contributed by atoms with van der Waals surface area (Å²) in [5.74, 6) is -2.75. The minimum atomic E-state index is -1.43. The van der Waals surface area contributed by atoms with Gasteiger partial charge in [0.1, 0.15) is 23.9 Å². The van der Waals surface area contributed by atoms with Gasteiger partial charge in [-0.05, 0) is 61.8 Å². The molecule has 0 radical (unpaired) electrons. The van der Waals surface area contributed by atoms with Gasteiger partial charge in [-0.1, -0.05) is 26.0 Å². The van der Waals surface area contributed by atoms with E-state index < -0.39 is 54.0 Å². The van der Waals surface area contributed by atoms with Crippen molar-refractivity contribution < 1.29 is 34.5 Å². The van der Waals surface area contributed by atoms with Crippen LogP contribution in [0.25, 0.3) is 0 Å². The summed E-state index contributed by atoms with van der Waals surface area (Å²) in [5.41, 5.74) is 6.74. The van der Waals surface area contributed by atoms with E-state index in [1.54, 1.807) is 26.0 Å². The summed E-state index contributed by atoms with van der Waals surface area (Å²) in [4.78, 5) is 49.9. The van der Waals surface area contributed by atoms with Crippen molar-refractivity contribution in [1.82, 2.24) is 16.0 Å². The molecule has 5 atom stereocenters. The third-order valence-electron chi connectivity index (χ3n) is 5.36. The van der Waals surface area contributed by atoms with Crippen LogP contribution in [0.4, 0.5) is 0 Å². The van der Waals surface area contributed by atoms with Gasteiger partial charge in [-0.15, -0.1) is 0 Å². The Kier molecular flexibility index (Phi) is 13.3. The molecular formula is C24H38N4O7S. The van der Waals surface area contributed by atoms with E-state index in [-0.39, 0.29) is 30.9 Å². The van der Waals surface area contributed by atoms with Gasteiger partial charge >= 0.3 is 5.97 Å². The number of carboxylic acid groups (broad SMARTS) is 1. The second-order valence-electron chi connectivity index (χ2n) is 9.08. The molecule has 202 valence electrons. The van der Waals surface area contributed by atoms with E-state index >= 15 is 0 Å². The zero-order valence-electron chi connectivity index (χ0n) is 21.1. The molecule has 0 fully saturated rings. The maximum atomic E-state index is 13.0. The molecule has 12 heteroatoms. The fourth-order valence-corrected chi connectivity index (χ4v) is 3.85. The molecule has 36 heavy (non-hydrogen) atoms. The van der Waals surface area contributed by atoms with Gasteiger partial charge in [0, 0.05) is 0 Å². The lowest BCUT2D eigenvalue weighted by atomic mass is 10.0. The van der Waals surface area contributed by atoms with Crippen LogP contribution < -0.4 is 21.7 Å². The maximum Gasteiger partial charge on any atom is 0.326 e. The molecule has 3 amide bonds. The first-order chi connectivity index (χ1) is 16.8. The van der Waals surface area contributed by atoms with Crippen LogP contribution in [-0.4, -0.2) is 81.3 Å². The molecule has 11 nitrogen and oxygen atoms in total. The Hall–Kier alpha value is -2.83. The Morgan fingerprint density at radius 2 is 1.53 bits per heavy atom. The third-order valence-corrected chi connectivity index (χ3v) is 6.00. The molecule has 0 aliphatic heterocycles. The number of thioether (sulfide) groups is 1. The number of aliphatic hydroxyl groups is 1. The Morgan fingerprint density at radius 1 is 0.944 bits per heavy atom. The molecular weight excluding hydrogens is 488 g/mol. The van der Waals surface area contributed by atoms with E-state index in [1.807, 2.05) is 6.26 Å². The van der Waals surface area contributed by atoms with Gasteiger partial charge in [0.05, 0.1) is 12.1 Å². The monoisotopic (exact) mass is 526 g/mol. The average molecular weight is 527 g/mol. The standard InChI is InChI=1S/C24H38N4O7S/c1-13(2)11-19(24(34)35)27-23(33)20(14(3)29)28-22(32)18(9-10-36-4)26-21(31)17(25)12-15-5-7-16(30)8-6-15/h5-8,13-14,17-20,29-30H,9-12,25H2,1-4H3,(H,26,31)(H,27,33)(H,28,32)(H,34,35). The van der Waals surface area contributed by atoms with Gasteiger partial charge in [0.15, 0.2) is 0 Å². The first-order valence-corrected chi connectivity index (χ1v) is 13.1. The number of amides is 3. The zero-order chi connectivity index (χ0) is 27.4. The summed E-state index contributed by atoms with van der Waals surface area (Å²) in [7, 11) is 0. The minimum absolute atomic E-state index is 0.0112. The van der Waals surface area contributed by atoms with E-state index in [9.17, 15) is 34.5 Å². The highest BCUT2D eigenvalue weighted by atomic mass is 32.2. The quantitative estimate of drug-likeness (QED) is 0.165. The van der Waals surface area contributed by atoms with Crippen LogP contribution in [0.15, 0.2) is 24.3 Å². The number of aliphatic hydroxyl groups excluding tert-OH is 1. The van der Waals surface area contributed by atoms with E-state index in [1.165, 1.54) is 30.8 Å². The molecule has 0 aromatic heterocycles. The van der Waals surface area contributed by atoms with Crippen molar-refractivity contribution in [1.29, 1.82) is 0 Å². The van der Waals surface area contributed by atoms with E-state index in [0.29, 0.717) is 5.75 Å². The topological polar surface area (TPSA) is 191 Å². The van der Waals surface area contributed by atoms with Gasteiger partial charge in [-0.2, -0.15) is 11.8 Å². The number of aromatic hydroxyl groups is 1. The van der Waals surface area contributed by atoms with Gasteiger partial charge in [0.25, 0.3) is 0 Å². The number of phenols is 1. The predicted molar refractivity (Wildman–Crippen MR) is 137 cm³/mol. The third kappa shape index (κ3) is 10.8. The second kappa shape index (κ2) is 15.3. The molecule has 1 aromatic rings. The van der Waals surface area contributed by atoms with Crippen molar-refractivity contribution >= 4 is 35.5 Å². The smallest absolute Gasteiger partial charge is 0.326 e. The molecule has 0 heterocycles. The lowest BCUT2D eigenvalue weighted by Crippen LogP contribution is -2.60. The van der Waals surface area contributed by atoms with Crippen LogP contribution in [0.3, 0.4) is 0 Å². The molecule has 8 N–H and O–H groups in total. The van der Waals surface area contributed by atoms with Crippen molar-refractivity contribution in [2.45, 2.75) is 70.3 Å². The van der Waals surface area contributed by atoms with Crippen molar-refractivity contribution in [2.75, 3.05) is 12.0 Å². The number of benzene rings is 1. The molecule has 0 saturated carbocycles. The summed E-state index contributed by atoms with van der Waals surface area (Å²) in [6.45, 7) is 4.91. The first-order valence-electron chi connectivity index (χ1n) is 11.7. The first kappa shape index (κ1) is 31.2. The van der Waals surface area contributed by atoms with Gasteiger partial charge in [-0.25, -0.2) is 4.79 Å². The maximum absolute atomic E-state index is 13.0. The highest BCUT2D eigenvalue weighted by molar-refractivity contribution is 7.98. The molecule has 1 aromatic carbocycles. The largest absolute Gasteiger partial charge is 0.508 e. The Labute approximate surface area is 215 Å². The summed E-state index contributed by atoms with van der Waals surface area (Å²) < 4.78 is 0. The fourth-order valence-electron chi connectivity index (χ4n) is 3.38. The summed E-state index contributed by atoms with van der Waals surface area (Å²) in [6, 6.07) is 1.62. The number of phenolic OH excluding ortho intramolecular Hbond substituents is 1. The number of carbonyl (C=O) groups excluding carboxylic acids is 3. The van der Waals surface area contributed by atoms with Gasteiger partial charge in [0.2, 0.25) is 17.7 Å². The number of carboxylic acids is 1. The van der Waals surface area contributed by atoms with Crippen LogP contribution in [0, 0.1) is 5.92 Å². The number of carbonyl (C=O) groups is 4. The fraction of sp³-hybridized carbons (Fsp3) is 0.583. The Morgan fingerprint density at radius 3 is 2.03 bits per heavy atom. The van der Waals surface area contributed by atoms with E-state index in [2.05, 4.69) is 16.0 Å². The Balaban J connectivity index is 2.91. The second-order valence-corrected chi connectivity index (χ2v) is 10.1. The number of aliphatic carboxylic acids is 1. The number of rotatable bonds is 15. The van der Waals surface area contributed by atoms with Crippen molar-refractivity contribution in [3.63, 3.8) is 0 Å². The SMILES string of the molecule is CSCCC(NC(=O)C(N)Cc1ccc(O)cc1)C(=O)NC(C(=O)NC(CC(C)C)C(=O)O)C(C)O. The molecule has 0 aliphatic rings. The van der Waals surface area contributed by atoms with Gasteiger partial charge in [-0.3, -0.25) is 14.4 Å². The van der Waals surface area contributed by atoms with Crippen LogP contribution in [-0.2, 0) is 25.6 Å². The minimum Gasteiger partial charge on any atom is -0.508 e. The normalized spacial score (nSPS) is 15.3. The van der Waals surface area contributed by atoms with Crippen molar-refractivity contribution in [3.05, 3.63) is 29.8 Å². The average Bonchev–Trinajstić information content (AvgIpc) is 2.80. The molecule has 0 bridgehead atoms. The van der Waals surface area contributed by atoms with Crippen LogP contribution in [0.5, 0.6) is 5.75 Å². The number of hydrogen-bond donors (Lipinski definition) is 7. The van der Waals surface area contributed by atoms with Gasteiger partial charge < -0.3 is 37.0 Å². The van der Waals surface area contributed by atoms with Crippen LogP contribution in [0.1, 0.15) is 39.2 Å². The number of hydrogen-bond acceptors (Lipinski definition) is 8. The van der Waals surface area contributed by atoms with Crippen molar-refractivity contribution in [3.8, 4) is 5.75 Å². The summed E-state index contributed by atoms with van der Waals surface area (Å²) in [5, 5.41) is 36.3. The molecule has 1 rings (SSSR count). The molecule has 0 spiro atoms. The number of nitrogens with two attached hydrogens (primary N) is 1. The molecule has 0 saturated heterocycles. The zero-order valence-corrected chi connectivity index (χ0v) is 21.9. The summed E-state index contributed by atoms with van der Waals surface area (Å²) in [6.07, 6.45) is 1.10. The van der Waals surface area contributed by atoms with E-state index in [0.717, 1.165) is 5.56 Å². The Bertz CT molecular complexity index is 880. The highest BCUT2D eigenvalue weighted by Crippen LogP contribution is 2.11. The lowest BCUT2D eigenvalue weighted by molar-refractivity contribution is -0.143. The highest BCUT2D eigenvalue weighted by Gasteiger charge is 2.32. The van der Waals surface area contributed by atoms with Crippen molar-refractivity contribution in [2.24, 2.45) is 11.7 Å². The summed E-state index contributed by atoms with van der Waals surface area (Å²) >= 11 is 1.46. The predicted octanol–water partition coefficient (Wildman–Crippen LogP) is -0.0190. The van der Waals surface area contributed by atoms with Crippen LogP contribution >= 0.6 is 11.8 Å². The molecule has 5 unspecified atom stereocenters. The van der Waals surface area contributed by atoms with Crippen LogP contribution in [0.2, 0.25) is 0 Å².